The summed E-state index contributed by atoms with van der Waals surface area (Å²) in [5.41, 5.74) is 1.43. The van der Waals surface area contributed by atoms with Crippen molar-refractivity contribution in [2.75, 3.05) is 41.0 Å². The van der Waals surface area contributed by atoms with Crippen LogP contribution >= 0.6 is 0 Å². The van der Waals surface area contributed by atoms with Gasteiger partial charge in [0, 0.05) is 71.2 Å². The predicted molar refractivity (Wildman–Crippen MR) is 260 cm³/mol. The van der Waals surface area contributed by atoms with E-state index in [1.54, 1.807) is 41.1 Å². The van der Waals surface area contributed by atoms with Gasteiger partial charge in [-0.3, -0.25) is 24.1 Å². The molecular weight excluding hydrogens is 885 g/mol. The van der Waals surface area contributed by atoms with E-state index in [0.717, 1.165) is 12.0 Å². The topological polar surface area (TPSA) is 199 Å². The van der Waals surface area contributed by atoms with Crippen LogP contribution in [0, 0.1) is 35.5 Å². The highest BCUT2D eigenvalue weighted by molar-refractivity contribution is 6.39. The lowest BCUT2D eigenvalue weighted by Crippen LogP contribution is -2.61. The molecule has 3 saturated heterocycles. The van der Waals surface area contributed by atoms with Crippen molar-refractivity contribution in [3.05, 3.63) is 47.6 Å². The van der Waals surface area contributed by atoms with Crippen LogP contribution in [0.2, 0.25) is 0 Å². The number of amides is 1. The van der Waals surface area contributed by atoms with Crippen LogP contribution < -0.4 is 0 Å². The zero-order valence-electron chi connectivity index (χ0n) is 43.0. The number of piperidine rings is 1. The van der Waals surface area contributed by atoms with Crippen molar-refractivity contribution in [3.63, 3.8) is 0 Å². The number of ether oxygens (including phenoxy) is 5. The number of carbonyl (C=O) groups excluding carboxylic acids is 5. The summed E-state index contributed by atoms with van der Waals surface area (Å²) in [7, 11) is 4.64. The van der Waals surface area contributed by atoms with Gasteiger partial charge in [-0.05, 0) is 108 Å². The van der Waals surface area contributed by atoms with E-state index in [-0.39, 0.29) is 67.0 Å². The number of esters is 1. The monoisotopic (exact) mass is 969 g/mol. The van der Waals surface area contributed by atoms with E-state index >= 15 is 0 Å². The summed E-state index contributed by atoms with van der Waals surface area (Å²) in [5, 5.41) is 34.2. The molecule has 1 saturated carbocycles. The van der Waals surface area contributed by atoms with E-state index in [0.29, 0.717) is 76.5 Å². The largest absolute Gasteiger partial charge is 0.460 e. The molecule has 1 amide bonds. The Morgan fingerprint density at radius 2 is 1.55 bits per heavy atom. The Balaban J connectivity index is 1.48. The quantitative estimate of drug-likeness (QED) is 0.156. The van der Waals surface area contributed by atoms with Crippen LogP contribution in [0.3, 0.4) is 0 Å². The highest BCUT2D eigenvalue weighted by Gasteiger charge is 2.53. The minimum absolute atomic E-state index is 0.0222. The number of fused-ring (bicyclic) bond motifs is 3. The molecule has 2 bridgehead atoms. The molecule has 0 radical (unpaired) electrons. The summed E-state index contributed by atoms with van der Waals surface area (Å²) in [6.45, 7) is 14.3. The van der Waals surface area contributed by atoms with Gasteiger partial charge in [0.05, 0.1) is 24.4 Å². The van der Waals surface area contributed by atoms with Crippen LogP contribution in [-0.4, -0.2) is 156 Å². The Morgan fingerprint density at radius 3 is 2.23 bits per heavy atom. The first-order chi connectivity index (χ1) is 32.7. The second-order valence-corrected chi connectivity index (χ2v) is 21.2. The Hall–Kier alpha value is -3.41. The lowest BCUT2D eigenvalue weighted by Gasteiger charge is -2.47. The number of allylic oxidation sites excluding steroid dienone is 6. The van der Waals surface area contributed by atoms with Crippen molar-refractivity contribution >= 4 is 29.2 Å². The van der Waals surface area contributed by atoms with E-state index in [1.165, 1.54) is 12.0 Å². The minimum atomic E-state index is -2.42. The SMILES string of the molecule is COC1CN(C2CC3CCC(C)C(O)(O3)C(=O)C(=O)N3CCCCC3C(=O)OC(C(C)CC3CCC(O)C(OC)C3)CC(=O)C(C)/C=C(\C)C(O)C(OC)C(=O)C(C)CC(C)/C=C/C=C/C=C/2C)C1. The number of aliphatic hydroxyl groups excluding tert-OH is 2. The number of Topliss-reactive ketones (excluding diaryl/α,β-unsaturated/α-hetero) is 3. The molecule has 1 aliphatic carbocycles. The number of methoxy groups -OCH3 is 3. The summed E-state index contributed by atoms with van der Waals surface area (Å²) >= 11 is 0. The van der Waals surface area contributed by atoms with Crippen LogP contribution in [0.15, 0.2) is 47.6 Å². The number of aliphatic hydroxyl groups is 3. The van der Waals surface area contributed by atoms with Gasteiger partial charge in [0.25, 0.3) is 11.7 Å². The first-order valence-corrected chi connectivity index (χ1v) is 25.6. The molecule has 0 spiro atoms. The van der Waals surface area contributed by atoms with Gasteiger partial charge in [0.15, 0.2) is 5.78 Å². The van der Waals surface area contributed by atoms with Gasteiger partial charge >= 0.3 is 5.97 Å². The normalized spacial score (nSPS) is 40.3. The number of hydrogen-bond donors (Lipinski definition) is 3. The first kappa shape index (κ1) is 56.5. The smallest absolute Gasteiger partial charge is 0.329 e. The summed E-state index contributed by atoms with van der Waals surface area (Å²) in [6, 6.07) is -1.25. The lowest BCUT2D eigenvalue weighted by molar-refractivity contribution is -0.265. The van der Waals surface area contributed by atoms with Gasteiger partial charge in [0.2, 0.25) is 5.79 Å². The molecule has 388 valence electrons. The Bertz CT molecular complexity index is 1890. The van der Waals surface area contributed by atoms with Crippen molar-refractivity contribution in [2.24, 2.45) is 35.5 Å². The van der Waals surface area contributed by atoms with Crippen LogP contribution in [0.25, 0.3) is 0 Å². The molecule has 3 N–H and O–H groups in total. The fourth-order valence-corrected chi connectivity index (χ4v) is 11.2. The molecule has 0 aromatic heterocycles. The van der Waals surface area contributed by atoms with E-state index < -0.39 is 77.8 Å². The average Bonchev–Trinajstić information content (AvgIpc) is 3.31. The van der Waals surface area contributed by atoms with Gasteiger partial charge in [-0.15, -0.1) is 0 Å². The molecule has 15 unspecified atom stereocenters. The molecular formula is C54H84N2O13. The molecule has 4 heterocycles. The van der Waals surface area contributed by atoms with E-state index in [2.05, 4.69) is 4.90 Å². The van der Waals surface area contributed by atoms with E-state index in [9.17, 15) is 39.3 Å². The summed E-state index contributed by atoms with van der Waals surface area (Å²) in [4.78, 5) is 74.7. The maximum absolute atomic E-state index is 14.5. The van der Waals surface area contributed by atoms with Crippen molar-refractivity contribution in [2.45, 2.75) is 186 Å². The van der Waals surface area contributed by atoms with Gasteiger partial charge < -0.3 is 43.9 Å². The fraction of sp³-hybridized carbons (Fsp3) is 0.759. The highest BCUT2D eigenvalue weighted by atomic mass is 16.6. The lowest BCUT2D eigenvalue weighted by atomic mass is 9.78. The second-order valence-electron chi connectivity index (χ2n) is 21.2. The van der Waals surface area contributed by atoms with Gasteiger partial charge in [0.1, 0.15) is 30.1 Å². The Labute approximate surface area is 411 Å². The zero-order chi connectivity index (χ0) is 50.7. The number of cyclic esters (lactones) is 1. The zero-order valence-corrected chi connectivity index (χ0v) is 43.0. The molecule has 69 heavy (non-hydrogen) atoms. The second kappa shape index (κ2) is 25.8. The van der Waals surface area contributed by atoms with E-state index in [1.807, 2.05) is 58.1 Å². The molecule has 4 fully saturated rings. The van der Waals surface area contributed by atoms with Crippen LogP contribution in [-0.2, 0) is 47.7 Å². The standard InChI is InChI=1S/C54H84N2O13/c1-32-16-12-11-13-17-33(2)43(55-30-41(31-55)65-8)28-40-21-19-38(7)54(64,69-40)51(61)52(62)56-23-15-14-18-42(56)53(63)68-46(35(4)26-39-20-22-44(57)47(27-39)66-9)29-45(58)34(3)25-37(6)49(60)50(67-10)48(59)36(5)24-32/h11-13,16-17,25,32,34-36,38-44,46-47,49-50,57,60,64H,14-15,18-24,26-31H2,1-10H3/b13-11+,16-12+,33-17+,37-25+. The predicted octanol–water partition coefficient (Wildman–Crippen LogP) is 5.86. The number of hydrogen-bond acceptors (Lipinski definition) is 14. The maximum atomic E-state index is 14.5. The molecule has 15 nitrogen and oxygen atoms in total. The Morgan fingerprint density at radius 1 is 0.826 bits per heavy atom. The van der Waals surface area contributed by atoms with Gasteiger partial charge in [-0.25, -0.2) is 4.79 Å². The molecule has 5 aliphatic rings. The minimum Gasteiger partial charge on any atom is -0.460 e. The molecule has 4 aliphatic heterocycles. The molecule has 0 aromatic carbocycles. The number of likely N-dealkylation sites (tertiary alicyclic amines) is 1. The van der Waals surface area contributed by atoms with Crippen molar-refractivity contribution in [1.29, 1.82) is 0 Å². The van der Waals surface area contributed by atoms with Gasteiger partial charge in [-0.2, -0.15) is 0 Å². The summed E-state index contributed by atoms with van der Waals surface area (Å²) in [6.07, 6.45) is 12.3. The number of nitrogens with zero attached hydrogens (tertiary/aromatic N) is 2. The Kier molecular flexibility index (Phi) is 21.1. The molecule has 15 atom stereocenters. The third-order valence-electron chi connectivity index (χ3n) is 15.9. The molecule has 0 aromatic rings. The van der Waals surface area contributed by atoms with Crippen molar-refractivity contribution in [1.82, 2.24) is 9.80 Å². The average molecular weight is 969 g/mol. The number of ketones is 3. The van der Waals surface area contributed by atoms with Crippen molar-refractivity contribution in [3.8, 4) is 0 Å². The van der Waals surface area contributed by atoms with Crippen LogP contribution in [0.4, 0.5) is 0 Å². The molecule has 15 heteroatoms. The third-order valence-corrected chi connectivity index (χ3v) is 15.9. The number of rotatable bonds is 7. The third kappa shape index (κ3) is 14.4. The van der Waals surface area contributed by atoms with Gasteiger partial charge in [-0.1, -0.05) is 76.6 Å². The highest BCUT2D eigenvalue weighted by Crippen LogP contribution is 2.38. The summed E-state index contributed by atoms with van der Waals surface area (Å²) < 4.78 is 29.4. The fourth-order valence-electron chi connectivity index (χ4n) is 11.2. The first-order valence-electron chi connectivity index (χ1n) is 25.6. The molecule has 5 rings (SSSR count). The van der Waals surface area contributed by atoms with E-state index in [4.69, 9.17) is 23.7 Å². The van der Waals surface area contributed by atoms with Crippen LogP contribution in [0.5, 0.6) is 0 Å². The number of carbonyl (C=O) groups is 5. The van der Waals surface area contributed by atoms with Crippen molar-refractivity contribution < 1.29 is 63.0 Å². The summed E-state index contributed by atoms with van der Waals surface area (Å²) in [5.74, 6) is -7.88. The van der Waals surface area contributed by atoms with Crippen LogP contribution in [0.1, 0.15) is 126 Å². The maximum Gasteiger partial charge on any atom is 0.329 e.